The van der Waals surface area contributed by atoms with Gasteiger partial charge in [0.25, 0.3) is 5.91 Å². The fraction of sp³-hybridized carbons (Fsp3) is 0.176. The smallest absolute Gasteiger partial charge is 0.251 e. The number of benzene rings is 2. The lowest BCUT2D eigenvalue weighted by atomic mass is 10.2. The highest BCUT2D eigenvalue weighted by Crippen LogP contribution is 2.23. The van der Waals surface area contributed by atoms with Gasteiger partial charge in [0.2, 0.25) is 5.91 Å². The number of aromatic hydroxyl groups is 1. The summed E-state index contributed by atoms with van der Waals surface area (Å²) in [5, 5.41) is 15.5. The molecule has 120 valence electrons. The van der Waals surface area contributed by atoms with Gasteiger partial charge in [0.05, 0.1) is 5.69 Å². The molecule has 0 aliphatic rings. The van der Waals surface area contributed by atoms with Crippen molar-refractivity contribution in [2.45, 2.75) is 13.3 Å². The van der Waals surface area contributed by atoms with Gasteiger partial charge in [0.1, 0.15) is 5.75 Å². The van der Waals surface area contributed by atoms with Gasteiger partial charge in [-0.2, -0.15) is 0 Å². The summed E-state index contributed by atoms with van der Waals surface area (Å²) in [6.07, 6.45) is 0.104. The van der Waals surface area contributed by atoms with Crippen LogP contribution in [0.2, 0.25) is 5.02 Å². The second-order valence-corrected chi connectivity index (χ2v) is 5.52. The second-order valence-electron chi connectivity index (χ2n) is 5.08. The van der Waals surface area contributed by atoms with E-state index in [1.807, 2.05) is 6.92 Å². The largest absolute Gasteiger partial charge is 0.506 e. The number of carbonyl (C=O) groups excluding carboxylic acids is 2. The number of aryl methyl sites for hydroxylation is 1. The van der Waals surface area contributed by atoms with Gasteiger partial charge in [-0.3, -0.25) is 9.59 Å². The van der Waals surface area contributed by atoms with Gasteiger partial charge in [-0.05, 0) is 48.9 Å². The van der Waals surface area contributed by atoms with E-state index in [1.54, 1.807) is 42.5 Å². The number of hydrogen-bond donors (Lipinski definition) is 3. The molecule has 6 heteroatoms. The van der Waals surface area contributed by atoms with Crippen LogP contribution in [0, 0.1) is 6.92 Å². The third-order valence-corrected chi connectivity index (χ3v) is 3.42. The molecule has 0 spiro atoms. The summed E-state index contributed by atoms with van der Waals surface area (Å²) in [6.45, 7) is 2.04. The van der Waals surface area contributed by atoms with E-state index < -0.39 is 0 Å². The summed E-state index contributed by atoms with van der Waals surface area (Å²) in [5.74, 6) is -0.545. The minimum absolute atomic E-state index is 0.0172. The first kappa shape index (κ1) is 16.8. The number of hydrogen-bond acceptors (Lipinski definition) is 3. The molecule has 2 rings (SSSR count). The van der Waals surface area contributed by atoms with Crippen LogP contribution in [0.4, 0.5) is 5.69 Å². The van der Waals surface area contributed by atoms with Crippen LogP contribution in [0.15, 0.2) is 42.5 Å². The Morgan fingerprint density at radius 1 is 1.13 bits per heavy atom. The number of amides is 2. The fourth-order valence-corrected chi connectivity index (χ4v) is 2.08. The lowest BCUT2D eigenvalue weighted by Crippen LogP contribution is -2.27. The van der Waals surface area contributed by atoms with Gasteiger partial charge in [0.15, 0.2) is 0 Å². The van der Waals surface area contributed by atoms with Gasteiger partial charge >= 0.3 is 0 Å². The van der Waals surface area contributed by atoms with Crippen molar-refractivity contribution in [2.75, 3.05) is 11.9 Å². The minimum atomic E-state index is -0.291. The fourth-order valence-electron chi connectivity index (χ4n) is 1.95. The normalized spacial score (nSPS) is 10.2. The number of anilines is 1. The van der Waals surface area contributed by atoms with E-state index in [2.05, 4.69) is 10.6 Å². The molecule has 2 amide bonds. The molecule has 0 saturated heterocycles. The SMILES string of the molecule is Cc1ccc(NC(=O)CCNC(=O)c2ccc(Cl)cc2)c(O)c1. The van der Waals surface area contributed by atoms with Crippen molar-refractivity contribution < 1.29 is 14.7 Å². The molecular formula is C17H17ClN2O3. The van der Waals surface area contributed by atoms with Crippen molar-refractivity contribution in [1.29, 1.82) is 0 Å². The standard InChI is InChI=1S/C17H17ClN2O3/c1-11-2-7-14(15(21)10-11)20-16(22)8-9-19-17(23)12-3-5-13(18)6-4-12/h2-7,10,21H,8-9H2,1H3,(H,19,23)(H,20,22). The van der Waals surface area contributed by atoms with E-state index in [4.69, 9.17) is 11.6 Å². The molecule has 0 aliphatic heterocycles. The highest BCUT2D eigenvalue weighted by molar-refractivity contribution is 6.30. The topological polar surface area (TPSA) is 78.4 Å². The van der Waals surface area contributed by atoms with Crippen LogP contribution in [-0.2, 0) is 4.79 Å². The summed E-state index contributed by atoms with van der Waals surface area (Å²) >= 11 is 5.76. The van der Waals surface area contributed by atoms with Crippen molar-refractivity contribution in [2.24, 2.45) is 0 Å². The van der Waals surface area contributed by atoms with Crippen LogP contribution < -0.4 is 10.6 Å². The lowest BCUT2D eigenvalue weighted by molar-refractivity contribution is -0.116. The lowest BCUT2D eigenvalue weighted by Gasteiger charge is -2.09. The summed E-state index contributed by atoms with van der Waals surface area (Å²) in [7, 11) is 0. The molecule has 5 nitrogen and oxygen atoms in total. The Labute approximate surface area is 139 Å². The molecule has 2 aromatic rings. The van der Waals surface area contributed by atoms with Crippen LogP contribution in [0.25, 0.3) is 0 Å². The Morgan fingerprint density at radius 2 is 1.83 bits per heavy atom. The van der Waals surface area contributed by atoms with Crippen LogP contribution >= 0.6 is 11.6 Å². The maximum atomic E-state index is 11.9. The first-order chi connectivity index (χ1) is 11.0. The number of rotatable bonds is 5. The number of phenolic OH excluding ortho intramolecular Hbond substituents is 1. The van der Waals surface area contributed by atoms with E-state index in [0.717, 1.165) is 5.56 Å². The Balaban J connectivity index is 1.80. The average Bonchev–Trinajstić information content (AvgIpc) is 2.50. The van der Waals surface area contributed by atoms with Crippen LogP contribution in [0.3, 0.4) is 0 Å². The number of halogens is 1. The van der Waals surface area contributed by atoms with Gasteiger partial charge in [-0.15, -0.1) is 0 Å². The maximum Gasteiger partial charge on any atom is 0.251 e. The highest BCUT2D eigenvalue weighted by atomic mass is 35.5. The van der Waals surface area contributed by atoms with Gasteiger partial charge in [0, 0.05) is 23.6 Å². The van der Waals surface area contributed by atoms with Crippen LogP contribution in [-0.4, -0.2) is 23.5 Å². The molecule has 23 heavy (non-hydrogen) atoms. The number of nitrogens with one attached hydrogen (secondary N) is 2. The molecule has 0 atom stereocenters. The van der Waals surface area contributed by atoms with Crippen LogP contribution in [0.1, 0.15) is 22.3 Å². The Kier molecular flexibility index (Phi) is 5.60. The van der Waals surface area contributed by atoms with E-state index >= 15 is 0 Å². The predicted octanol–water partition coefficient (Wildman–Crippen LogP) is 3.11. The third kappa shape index (κ3) is 5.00. The molecule has 0 aromatic heterocycles. The molecule has 2 aromatic carbocycles. The van der Waals surface area contributed by atoms with E-state index in [1.165, 1.54) is 0 Å². The van der Waals surface area contributed by atoms with Gasteiger partial charge < -0.3 is 15.7 Å². The van der Waals surface area contributed by atoms with E-state index in [9.17, 15) is 14.7 Å². The molecule has 0 unspecified atom stereocenters. The third-order valence-electron chi connectivity index (χ3n) is 3.17. The first-order valence-electron chi connectivity index (χ1n) is 7.09. The van der Waals surface area contributed by atoms with Gasteiger partial charge in [-0.25, -0.2) is 0 Å². The van der Waals surface area contributed by atoms with Crippen molar-refractivity contribution in [3.63, 3.8) is 0 Å². The Morgan fingerprint density at radius 3 is 2.48 bits per heavy atom. The first-order valence-corrected chi connectivity index (χ1v) is 7.47. The summed E-state index contributed by atoms with van der Waals surface area (Å²) < 4.78 is 0. The Hall–Kier alpha value is -2.53. The van der Waals surface area contributed by atoms with Crippen molar-refractivity contribution in [1.82, 2.24) is 5.32 Å². The molecular weight excluding hydrogens is 316 g/mol. The highest BCUT2D eigenvalue weighted by Gasteiger charge is 2.08. The van der Waals surface area contributed by atoms with Gasteiger partial charge in [-0.1, -0.05) is 17.7 Å². The quantitative estimate of drug-likeness (QED) is 0.736. The predicted molar refractivity (Wildman–Crippen MR) is 89.9 cm³/mol. The Bertz CT molecular complexity index is 714. The number of carbonyl (C=O) groups is 2. The number of phenols is 1. The zero-order valence-corrected chi connectivity index (χ0v) is 13.4. The van der Waals surface area contributed by atoms with Crippen molar-refractivity contribution in [3.8, 4) is 5.75 Å². The van der Waals surface area contributed by atoms with E-state index in [0.29, 0.717) is 16.3 Å². The molecule has 3 N–H and O–H groups in total. The van der Waals surface area contributed by atoms with E-state index in [-0.39, 0.29) is 30.5 Å². The minimum Gasteiger partial charge on any atom is -0.506 e. The summed E-state index contributed by atoms with van der Waals surface area (Å²) in [5.41, 5.74) is 1.73. The summed E-state index contributed by atoms with van der Waals surface area (Å²) in [4.78, 5) is 23.7. The molecule has 0 radical (unpaired) electrons. The molecule has 0 saturated carbocycles. The average molecular weight is 333 g/mol. The van der Waals surface area contributed by atoms with Crippen LogP contribution in [0.5, 0.6) is 5.75 Å². The molecule has 0 heterocycles. The summed E-state index contributed by atoms with van der Waals surface area (Å²) in [6, 6.07) is 11.5. The zero-order chi connectivity index (χ0) is 16.8. The zero-order valence-electron chi connectivity index (χ0n) is 12.6. The van der Waals surface area contributed by atoms with Crippen molar-refractivity contribution >= 4 is 29.1 Å². The second kappa shape index (κ2) is 7.65. The molecule has 0 fully saturated rings. The monoisotopic (exact) mass is 332 g/mol. The van der Waals surface area contributed by atoms with Crippen molar-refractivity contribution in [3.05, 3.63) is 58.6 Å². The molecule has 0 aliphatic carbocycles. The maximum absolute atomic E-state index is 11.9. The molecule has 0 bridgehead atoms.